The number of nitro groups is 1. The molecular formula is C31H35ClN4O2. The van der Waals surface area contributed by atoms with Crippen LogP contribution in [-0.4, -0.2) is 25.9 Å². The number of hydrogen-bond acceptors (Lipinski definition) is 4. The van der Waals surface area contributed by atoms with Crippen molar-refractivity contribution in [2.45, 2.75) is 59.2 Å². The van der Waals surface area contributed by atoms with Crippen LogP contribution in [0.4, 0.5) is 5.69 Å². The number of unbranched alkanes of at least 4 members (excludes halogenated alkanes) is 2. The highest BCUT2D eigenvalue weighted by molar-refractivity contribution is 6.31. The molecule has 0 aliphatic carbocycles. The highest BCUT2D eigenvalue weighted by Gasteiger charge is 2.24. The molecule has 0 unspecified atom stereocenters. The summed E-state index contributed by atoms with van der Waals surface area (Å²) in [6.45, 7) is 7.00. The maximum Gasteiger partial charge on any atom is 0.275 e. The van der Waals surface area contributed by atoms with Gasteiger partial charge in [-0.25, -0.2) is 4.98 Å². The van der Waals surface area contributed by atoms with Crippen LogP contribution in [0, 0.1) is 10.1 Å². The van der Waals surface area contributed by atoms with Crippen molar-refractivity contribution < 1.29 is 4.92 Å². The first-order chi connectivity index (χ1) is 18.5. The molecule has 6 nitrogen and oxygen atoms in total. The minimum absolute atomic E-state index is 0.0618. The summed E-state index contributed by atoms with van der Waals surface area (Å²) < 4.78 is 2.35. The first-order valence-corrected chi connectivity index (χ1v) is 13.8. The summed E-state index contributed by atoms with van der Waals surface area (Å²) >= 11 is 6.52. The van der Waals surface area contributed by atoms with Crippen LogP contribution in [0.2, 0.25) is 5.02 Å². The summed E-state index contributed by atoms with van der Waals surface area (Å²) in [4.78, 5) is 19.0. The fourth-order valence-corrected chi connectivity index (χ4v) is 4.97. The fourth-order valence-electron chi connectivity index (χ4n) is 4.74. The minimum Gasteiger partial charge on any atom is -0.326 e. The first kappa shape index (κ1) is 27.6. The lowest BCUT2D eigenvalue weighted by molar-refractivity contribution is -0.385. The summed E-state index contributed by atoms with van der Waals surface area (Å²) in [5.41, 5.74) is 4.83. The highest BCUT2D eigenvalue weighted by Crippen LogP contribution is 2.33. The van der Waals surface area contributed by atoms with E-state index in [1.54, 1.807) is 12.1 Å². The van der Waals surface area contributed by atoms with E-state index in [1.165, 1.54) is 6.07 Å². The lowest BCUT2D eigenvalue weighted by Gasteiger charge is -2.24. The second-order valence-corrected chi connectivity index (χ2v) is 9.93. The largest absolute Gasteiger partial charge is 0.326 e. The average molecular weight is 531 g/mol. The van der Waals surface area contributed by atoms with Gasteiger partial charge in [-0.15, -0.1) is 0 Å². The number of nitrogens with zero attached hydrogens (tertiary/aromatic N) is 4. The van der Waals surface area contributed by atoms with Gasteiger partial charge in [0, 0.05) is 36.8 Å². The summed E-state index contributed by atoms with van der Waals surface area (Å²) in [7, 11) is 0. The van der Waals surface area contributed by atoms with Crippen molar-refractivity contribution in [3.8, 4) is 22.6 Å². The molecule has 0 radical (unpaired) electrons. The molecule has 1 aromatic heterocycles. The summed E-state index contributed by atoms with van der Waals surface area (Å²) in [5, 5.41) is 12.2. The molecule has 7 heteroatoms. The molecule has 0 bridgehead atoms. The number of halogens is 1. The summed E-state index contributed by atoms with van der Waals surface area (Å²) in [5.74, 6) is 0.951. The molecule has 0 atom stereocenters. The van der Waals surface area contributed by atoms with Crippen molar-refractivity contribution in [3.05, 3.63) is 105 Å². The van der Waals surface area contributed by atoms with Gasteiger partial charge in [-0.1, -0.05) is 105 Å². The zero-order chi connectivity index (χ0) is 26.9. The summed E-state index contributed by atoms with van der Waals surface area (Å²) in [6, 6.07) is 25.5. The van der Waals surface area contributed by atoms with Gasteiger partial charge in [0.2, 0.25) is 0 Å². The molecule has 0 saturated carbocycles. The van der Waals surface area contributed by atoms with Gasteiger partial charge in [-0.2, -0.15) is 0 Å². The molecule has 3 aromatic carbocycles. The Bertz CT molecular complexity index is 1340. The Labute approximate surface area is 230 Å². The van der Waals surface area contributed by atoms with Crippen molar-refractivity contribution in [1.82, 2.24) is 14.5 Å². The van der Waals surface area contributed by atoms with Gasteiger partial charge in [-0.3, -0.25) is 15.0 Å². The molecule has 198 valence electrons. The van der Waals surface area contributed by atoms with Crippen LogP contribution in [0.3, 0.4) is 0 Å². The Morgan fingerprint density at radius 1 is 0.868 bits per heavy atom. The maximum absolute atomic E-state index is 11.8. The van der Waals surface area contributed by atoms with E-state index in [1.807, 2.05) is 36.4 Å². The molecule has 0 saturated heterocycles. The van der Waals surface area contributed by atoms with Crippen molar-refractivity contribution in [2.24, 2.45) is 0 Å². The van der Waals surface area contributed by atoms with Crippen LogP contribution in [0.5, 0.6) is 0 Å². The maximum atomic E-state index is 11.8. The number of benzene rings is 3. The van der Waals surface area contributed by atoms with Crippen molar-refractivity contribution in [1.29, 1.82) is 0 Å². The lowest BCUT2D eigenvalue weighted by Crippen LogP contribution is -2.26. The minimum atomic E-state index is -0.340. The van der Waals surface area contributed by atoms with E-state index >= 15 is 0 Å². The van der Waals surface area contributed by atoms with E-state index in [4.69, 9.17) is 16.6 Å². The van der Waals surface area contributed by atoms with Gasteiger partial charge < -0.3 is 4.57 Å². The Kier molecular flexibility index (Phi) is 9.68. The third-order valence-electron chi connectivity index (χ3n) is 6.76. The highest BCUT2D eigenvalue weighted by atomic mass is 35.5. The van der Waals surface area contributed by atoms with E-state index < -0.39 is 0 Å². The van der Waals surface area contributed by atoms with Crippen LogP contribution >= 0.6 is 11.6 Å². The lowest BCUT2D eigenvalue weighted by atomic mass is 10.1. The molecule has 0 aliphatic heterocycles. The van der Waals surface area contributed by atoms with E-state index in [0.29, 0.717) is 23.7 Å². The second-order valence-electron chi connectivity index (χ2n) is 9.53. The average Bonchev–Trinajstić information content (AvgIpc) is 3.30. The van der Waals surface area contributed by atoms with Gasteiger partial charge in [0.1, 0.15) is 5.82 Å². The van der Waals surface area contributed by atoms with Gasteiger partial charge in [0.25, 0.3) is 5.69 Å². The molecule has 38 heavy (non-hydrogen) atoms. The molecule has 0 amide bonds. The van der Waals surface area contributed by atoms with E-state index in [9.17, 15) is 10.1 Å². The fraction of sp³-hybridized carbons (Fsp3) is 0.323. The van der Waals surface area contributed by atoms with Crippen LogP contribution in [0.15, 0.2) is 78.9 Å². The smallest absolute Gasteiger partial charge is 0.275 e. The van der Waals surface area contributed by atoms with Crippen molar-refractivity contribution in [2.75, 3.05) is 6.54 Å². The predicted octanol–water partition coefficient (Wildman–Crippen LogP) is 8.38. The topological polar surface area (TPSA) is 64.2 Å². The molecule has 0 aliphatic rings. The molecular weight excluding hydrogens is 496 g/mol. The summed E-state index contributed by atoms with van der Waals surface area (Å²) in [6.07, 6.45) is 4.10. The van der Waals surface area contributed by atoms with Gasteiger partial charge >= 0.3 is 0 Å². The molecule has 0 fully saturated rings. The Balaban J connectivity index is 1.83. The van der Waals surface area contributed by atoms with Crippen molar-refractivity contribution in [3.63, 3.8) is 0 Å². The third kappa shape index (κ3) is 6.50. The number of imidazole rings is 1. The van der Waals surface area contributed by atoms with Crippen LogP contribution in [0.25, 0.3) is 22.6 Å². The SMILES string of the molecule is CCCCN(Cc1c(Cl)cccc1[N+](=O)[O-])Cc1c(-c2ccccc2)nc(-c2ccccc2)n1CCCC. The molecule has 0 spiro atoms. The van der Waals surface area contributed by atoms with E-state index in [0.717, 1.165) is 67.1 Å². The molecule has 4 aromatic rings. The van der Waals surface area contributed by atoms with E-state index in [-0.39, 0.29) is 10.6 Å². The molecule has 4 rings (SSSR count). The number of aromatic nitrogens is 2. The van der Waals surface area contributed by atoms with Crippen LogP contribution < -0.4 is 0 Å². The van der Waals surface area contributed by atoms with Crippen LogP contribution in [-0.2, 0) is 19.6 Å². The number of nitro benzene ring substituents is 1. The quantitative estimate of drug-likeness (QED) is 0.129. The zero-order valence-electron chi connectivity index (χ0n) is 22.1. The second kappa shape index (κ2) is 13.4. The Hall–Kier alpha value is -3.48. The van der Waals surface area contributed by atoms with E-state index in [2.05, 4.69) is 47.6 Å². The van der Waals surface area contributed by atoms with Gasteiger partial charge in [0.15, 0.2) is 0 Å². The van der Waals surface area contributed by atoms with Gasteiger partial charge in [0.05, 0.1) is 26.9 Å². The standard InChI is InChI=1S/C31H35ClN4O2/c1-3-5-20-34(22-26-27(32)18-13-19-28(26)36(37)38)23-29-30(24-14-9-7-10-15-24)33-31(35(29)21-6-4-2)25-16-11-8-12-17-25/h7-19H,3-6,20-23H2,1-2H3. The Morgan fingerprint density at radius 3 is 2.16 bits per heavy atom. The monoisotopic (exact) mass is 530 g/mol. The predicted molar refractivity (Wildman–Crippen MR) is 155 cm³/mol. The Morgan fingerprint density at radius 2 is 1.53 bits per heavy atom. The zero-order valence-corrected chi connectivity index (χ0v) is 22.9. The number of hydrogen-bond donors (Lipinski definition) is 0. The molecule has 1 heterocycles. The normalized spacial score (nSPS) is 11.3. The third-order valence-corrected chi connectivity index (χ3v) is 7.11. The first-order valence-electron chi connectivity index (χ1n) is 13.4. The molecule has 0 N–H and O–H groups in total. The number of rotatable bonds is 13. The van der Waals surface area contributed by atoms with Crippen LogP contribution in [0.1, 0.15) is 50.8 Å². The van der Waals surface area contributed by atoms with Crippen molar-refractivity contribution >= 4 is 17.3 Å². The van der Waals surface area contributed by atoms with Gasteiger partial charge in [-0.05, 0) is 25.5 Å².